The molecule has 0 aromatic heterocycles. The molecule has 3 heterocycles. The van der Waals surface area contributed by atoms with E-state index in [1.807, 2.05) is 60.7 Å². The molecule has 5 aromatic carbocycles. The van der Waals surface area contributed by atoms with Gasteiger partial charge in [0.05, 0.1) is 22.6 Å². The van der Waals surface area contributed by atoms with Crippen LogP contribution in [0, 0.1) is 5.92 Å². The zero-order valence-corrected chi connectivity index (χ0v) is 41.6. The Bertz CT molecular complexity index is 2960. The van der Waals surface area contributed by atoms with Gasteiger partial charge < -0.3 is 44.3 Å². The second kappa shape index (κ2) is 22.3. The number of carbonyl (C=O) groups is 8. The first-order valence-electron chi connectivity index (χ1n) is 23.5. The fourth-order valence-electron chi connectivity index (χ4n) is 8.82. The van der Waals surface area contributed by atoms with E-state index in [1.54, 1.807) is 62.4 Å². The van der Waals surface area contributed by atoms with Gasteiger partial charge in [-0.3, -0.25) is 38.6 Å². The maximum absolute atomic E-state index is 15.1. The summed E-state index contributed by atoms with van der Waals surface area (Å²) in [7, 11) is 0. The van der Waals surface area contributed by atoms with E-state index in [2.05, 4.69) is 10.6 Å². The number of hydrogen-bond acceptors (Lipinski definition) is 15. The number of thioether (sulfide) groups is 1. The fourth-order valence-corrected chi connectivity index (χ4v) is 10.6. The van der Waals surface area contributed by atoms with Crippen molar-refractivity contribution in [2.24, 2.45) is 5.92 Å². The van der Waals surface area contributed by atoms with Crippen molar-refractivity contribution < 1.29 is 67.1 Å². The van der Waals surface area contributed by atoms with Crippen molar-refractivity contribution in [2.75, 3.05) is 19.7 Å². The monoisotopic (exact) mass is 1030 g/mol. The lowest BCUT2D eigenvalue weighted by Gasteiger charge is -2.50. The van der Waals surface area contributed by atoms with Crippen LogP contribution < -0.4 is 29.6 Å². The highest BCUT2D eigenvalue weighted by molar-refractivity contribution is 8.01. The van der Waals surface area contributed by atoms with Gasteiger partial charge in [0, 0.05) is 33.5 Å². The highest BCUT2D eigenvalue weighted by Crippen LogP contribution is 2.58. The van der Waals surface area contributed by atoms with Crippen molar-refractivity contribution in [1.82, 2.24) is 25.3 Å². The number of carbonyl (C=O) groups excluding carboxylic acids is 8. The van der Waals surface area contributed by atoms with Gasteiger partial charge in [0.15, 0.2) is 23.0 Å². The lowest BCUT2D eigenvalue weighted by molar-refractivity contribution is -0.185. The first-order chi connectivity index (χ1) is 35.5. The summed E-state index contributed by atoms with van der Waals surface area (Å²) in [4.78, 5) is 113. The van der Waals surface area contributed by atoms with E-state index in [9.17, 15) is 38.7 Å². The van der Waals surface area contributed by atoms with Crippen LogP contribution in [0.2, 0.25) is 0 Å². The third-order valence-corrected chi connectivity index (χ3v) is 14.2. The van der Waals surface area contributed by atoms with Gasteiger partial charge in [0.1, 0.15) is 25.9 Å². The second-order valence-electron chi connectivity index (χ2n) is 18.1. The number of aliphatic hydroxyl groups excluding tert-OH is 1. The number of hydrogen-bond donors (Lipinski definition) is 3. The number of piperazine rings is 1. The Morgan fingerprint density at radius 1 is 0.676 bits per heavy atom. The van der Waals surface area contributed by atoms with Crippen LogP contribution in [-0.2, 0) is 64.7 Å². The normalized spacial score (nSPS) is 19.1. The maximum Gasteiger partial charge on any atom is 0.355 e. The number of fused-ring (bicyclic) bond motifs is 1. The molecular weight excluding hydrogens is 975 g/mol. The molecule has 3 fully saturated rings. The van der Waals surface area contributed by atoms with Gasteiger partial charge in [-0.25, -0.2) is 9.59 Å². The Labute approximate surface area is 430 Å². The molecule has 6 amide bonds. The molecule has 384 valence electrons. The summed E-state index contributed by atoms with van der Waals surface area (Å²) in [5.74, 6) is -7.28. The van der Waals surface area contributed by atoms with Crippen molar-refractivity contribution in [2.45, 2.75) is 75.9 Å². The molecule has 74 heavy (non-hydrogen) atoms. The molecule has 19 nitrogen and oxygen atoms in total. The van der Waals surface area contributed by atoms with Gasteiger partial charge >= 0.3 is 35.8 Å². The third-order valence-electron chi connectivity index (χ3n) is 12.6. The number of imide groups is 1. The molecular formula is C54H53N5O14S. The number of nitrogens with zero attached hydrogens (tertiary/aromatic N) is 3. The number of benzene rings is 5. The summed E-state index contributed by atoms with van der Waals surface area (Å²) in [5.41, 5.74) is 0.661. The summed E-state index contributed by atoms with van der Waals surface area (Å²) in [6.45, 7) is 4.60. The Hall–Kier alpha value is -8.23. The molecule has 3 aliphatic rings. The Morgan fingerprint density at radius 2 is 1.24 bits per heavy atom. The number of nitrogens with one attached hydrogen (secondary N) is 2. The summed E-state index contributed by atoms with van der Waals surface area (Å²) in [6, 6.07) is 33.5. The summed E-state index contributed by atoms with van der Waals surface area (Å²) >= 11 is 1.15. The number of urea groups is 1. The first-order valence-corrected chi connectivity index (χ1v) is 24.4. The van der Waals surface area contributed by atoms with Gasteiger partial charge in [-0.1, -0.05) is 103 Å². The van der Waals surface area contributed by atoms with E-state index in [4.69, 9.17) is 23.7 Å². The summed E-state index contributed by atoms with van der Waals surface area (Å²) in [6.07, 6.45) is 0. The van der Waals surface area contributed by atoms with E-state index in [0.717, 1.165) is 47.7 Å². The lowest BCUT2D eigenvalue weighted by Crippen LogP contribution is -2.78. The minimum Gasteiger partial charge on any atom is -0.485 e. The SMILES string of the molecule is CC(=O)Oc1ccc(C(NC(=O)N2CCN(Cc3ccc(OCc4ccccc4)c(OCc4ccccc4)c3)C(=O)C2=O)C(=O)N[C@@]2(C(=O)OCc3ccccc3)N3C(=O)[C@@H](CO)[C@H]3SC2(C)C)cc1OC(C)=O. The highest BCUT2D eigenvalue weighted by atomic mass is 32.2. The van der Waals surface area contributed by atoms with E-state index >= 15 is 4.79 Å². The molecule has 0 bridgehead atoms. The van der Waals surface area contributed by atoms with Crippen LogP contribution >= 0.6 is 11.8 Å². The molecule has 1 unspecified atom stereocenters. The Balaban J connectivity index is 1.06. The van der Waals surface area contributed by atoms with Gasteiger partial charge in [-0.2, -0.15) is 0 Å². The van der Waals surface area contributed by atoms with Crippen LogP contribution in [0.5, 0.6) is 23.0 Å². The fraction of sp³-hybridized carbons (Fsp3) is 0.296. The summed E-state index contributed by atoms with van der Waals surface area (Å²) in [5, 5.41) is 14.6. The van der Waals surface area contributed by atoms with Crippen molar-refractivity contribution in [1.29, 1.82) is 0 Å². The first kappa shape index (κ1) is 52.1. The molecule has 0 saturated carbocycles. The number of ether oxygens (including phenoxy) is 5. The van der Waals surface area contributed by atoms with Gasteiger partial charge in [0.2, 0.25) is 17.5 Å². The van der Waals surface area contributed by atoms with Crippen molar-refractivity contribution in [3.05, 3.63) is 155 Å². The summed E-state index contributed by atoms with van der Waals surface area (Å²) < 4.78 is 27.4. The number of amides is 6. The molecule has 0 aliphatic carbocycles. The topological polar surface area (TPSA) is 237 Å². The highest BCUT2D eigenvalue weighted by Gasteiger charge is 2.74. The van der Waals surface area contributed by atoms with Crippen LogP contribution in [0.1, 0.15) is 61.6 Å². The molecule has 3 saturated heterocycles. The maximum atomic E-state index is 15.1. The number of β-lactam (4-membered cyclic amide) rings is 1. The minimum absolute atomic E-state index is 0.0526. The quantitative estimate of drug-likeness (QED) is 0.0444. The standard InChI is InChI=1S/C54H53N5O14S/c1-33(61)72-42-23-21-39(27-44(42)73-34(2)62)45(46(63)56-54(51(67)71-32-37-18-12-7-13-19-37)53(3,4)74-50-40(29-60)47(64)59(50)54)55-52(68)58-25-24-57(48(65)49(58)66)28-38-20-22-41(69-30-35-14-8-5-9-15-35)43(26-38)70-31-36-16-10-6-11-17-36/h5-23,26-27,40,45,50,60H,24-25,28-32H2,1-4H3,(H,55,68)(H,56,63)/t40-,45?,50-,54+/m1/s1. The zero-order valence-electron chi connectivity index (χ0n) is 40.8. The largest absolute Gasteiger partial charge is 0.485 e. The van der Waals surface area contributed by atoms with Crippen LogP contribution in [0.4, 0.5) is 4.79 Å². The second-order valence-corrected chi connectivity index (χ2v) is 19.8. The van der Waals surface area contributed by atoms with E-state index in [0.29, 0.717) is 27.5 Å². The molecule has 0 radical (unpaired) electrons. The van der Waals surface area contributed by atoms with Gasteiger partial charge in [-0.15, -0.1) is 11.8 Å². The molecule has 0 spiro atoms. The number of aliphatic hydroxyl groups is 1. The van der Waals surface area contributed by atoms with Crippen molar-refractivity contribution in [3.63, 3.8) is 0 Å². The van der Waals surface area contributed by atoms with Crippen LogP contribution in [-0.4, -0.2) is 103 Å². The minimum atomic E-state index is -2.26. The van der Waals surface area contributed by atoms with Crippen molar-refractivity contribution in [3.8, 4) is 23.0 Å². The third kappa shape index (κ3) is 11.1. The Morgan fingerprint density at radius 3 is 1.84 bits per heavy atom. The van der Waals surface area contributed by atoms with Crippen LogP contribution in [0.15, 0.2) is 127 Å². The zero-order chi connectivity index (χ0) is 52.7. The molecule has 20 heteroatoms. The number of rotatable bonds is 18. The van der Waals surface area contributed by atoms with Crippen LogP contribution in [0.25, 0.3) is 0 Å². The number of esters is 3. The Kier molecular flexibility index (Phi) is 15.7. The molecule has 8 rings (SSSR count). The average Bonchev–Trinajstić information content (AvgIpc) is 3.59. The average molecular weight is 1030 g/mol. The van der Waals surface area contributed by atoms with Gasteiger partial charge in [-0.05, 0) is 65.9 Å². The predicted octanol–water partition coefficient (Wildman–Crippen LogP) is 5.18. The smallest absolute Gasteiger partial charge is 0.355 e. The molecule has 3 aliphatic heterocycles. The van der Waals surface area contributed by atoms with Gasteiger partial charge in [0.25, 0.3) is 0 Å². The van der Waals surface area contributed by atoms with E-state index < -0.39 is 81.9 Å². The van der Waals surface area contributed by atoms with Crippen molar-refractivity contribution >= 4 is 59.3 Å². The van der Waals surface area contributed by atoms with E-state index in [1.165, 1.54) is 17.0 Å². The molecule has 5 aromatic rings. The molecule has 4 atom stereocenters. The lowest BCUT2D eigenvalue weighted by atomic mass is 9.85. The molecule has 3 N–H and O–H groups in total. The predicted molar refractivity (Wildman–Crippen MR) is 265 cm³/mol. The van der Waals surface area contributed by atoms with E-state index in [-0.39, 0.29) is 56.5 Å². The van der Waals surface area contributed by atoms with Crippen LogP contribution in [0.3, 0.4) is 0 Å².